The van der Waals surface area contributed by atoms with Gasteiger partial charge in [-0.15, -0.1) is 11.3 Å². The van der Waals surface area contributed by atoms with Gasteiger partial charge in [0.05, 0.1) is 10.8 Å². The second-order valence-corrected chi connectivity index (χ2v) is 7.74. The number of sulfone groups is 1. The second kappa shape index (κ2) is 6.47. The van der Waals surface area contributed by atoms with Gasteiger partial charge in [-0.2, -0.15) is 0 Å². The Labute approximate surface area is 107 Å². The molecule has 1 aromatic heterocycles. The third-order valence-electron chi connectivity index (χ3n) is 2.72. The van der Waals surface area contributed by atoms with E-state index in [1.54, 1.807) is 18.3 Å². The largest absolute Gasteiger partial charge is 0.312 e. The summed E-state index contributed by atoms with van der Waals surface area (Å²) in [7, 11) is -0.943. The van der Waals surface area contributed by atoms with Crippen molar-refractivity contribution in [3.8, 4) is 0 Å². The van der Waals surface area contributed by atoms with Crippen LogP contribution in [0.15, 0.2) is 6.20 Å². The van der Waals surface area contributed by atoms with Gasteiger partial charge in [0.2, 0.25) is 0 Å². The highest BCUT2D eigenvalue weighted by molar-refractivity contribution is 7.91. The van der Waals surface area contributed by atoms with Crippen LogP contribution in [0.5, 0.6) is 0 Å². The molecule has 0 spiro atoms. The lowest BCUT2D eigenvalue weighted by atomic mass is 10.1. The number of aromatic nitrogens is 1. The minimum Gasteiger partial charge on any atom is -0.312 e. The van der Waals surface area contributed by atoms with Gasteiger partial charge < -0.3 is 5.32 Å². The zero-order valence-electron chi connectivity index (χ0n) is 10.6. The summed E-state index contributed by atoms with van der Waals surface area (Å²) in [6.07, 6.45) is 3.39. The van der Waals surface area contributed by atoms with Crippen molar-refractivity contribution >= 4 is 21.2 Å². The Kier molecular flexibility index (Phi) is 5.55. The SMILES string of the molecule is CCS(=O)(=O)CCCC(NC)c1cnc(C)s1. The third kappa shape index (κ3) is 4.73. The lowest BCUT2D eigenvalue weighted by Crippen LogP contribution is -2.17. The molecule has 0 amide bonds. The molecule has 0 aromatic carbocycles. The van der Waals surface area contributed by atoms with Crippen LogP contribution in [0.25, 0.3) is 0 Å². The fourth-order valence-corrected chi connectivity index (χ4v) is 3.44. The molecule has 1 unspecified atom stereocenters. The van der Waals surface area contributed by atoms with Crippen LogP contribution < -0.4 is 5.32 Å². The van der Waals surface area contributed by atoms with Crippen molar-refractivity contribution < 1.29 is 8.42 Å². The lowest BCUT2D eigenvalue weighted by molar-refractivity contribution is 0.542. The van der Waals surface area contributed by atoms with Gasteiger partial charge in [-0.3, -0.25) is 0 Å². The molecular weight excluding hydrogens is 256 g/mol. The highest BCUT2D eigenvalue weighted by Gasteiger charge is 2.14. The summed E-state index contributed by atoms with van der Waals surface area (Å²) in [6.45, 7) is 3.67. The Morgan fingerprint density at radius 2 is 2.24 bits per heavy atom. The summed E-state index contributed by atoms with van der Waals surface area (Å²) < 4.78 is 22.8. The fraction of sp³-hybridized carbons (Fsp3) is 0.727. The number of aryl methyl sites for hydroxylation is 1. The third-order valence-corrected chi connectivity index (χ3v) is 5.54. The van der Waals surface area contributed by atoms with E-state index in [-0.39, 0.29) is 17.5 Å². The topological polar surface area (TPSA) is 59.1 Å². The summed E-state index contributed by atoms with van der Waals surface area (Å²) >= 11 is 1.66. The average Bonchev–Trinajstić information content (AvgIpc) is 2.71. The van der Waals surface area contributed by atoms with Crippen LogP contribution in [0, 0.1) is 6.92 Å². The van der Waals surface area contributed by atoms with Gasteiger partial charge in [-0.25, -0.2) is 13.4 Å². The van der Waals surface area contributed by atoms with Gasteiger partial charge in [0.1, 0.15) is 9.84 Å². The highest BCUT2D eigenvalue weighted by Crippen LogP contribution is 2.24. The molecule has 1 aromatic rings. The molecule has 1 atom stereocenters. The van der Waals surface area contributed by atoms with Gasteiger partial charge in [-0.05, 0) is 26.8 Å². The molecule has 0 fully saturated rings. The average molecular weight is 276 g/mol. The molecule has 0 bridgehead atoms. The maximum atomic E-state index is 11.4. The van der Waals surface area contributed by atoms with Crippen LogP contribution in [0.3, 0.4) is 0 Å². The molecule has 1 rings (SSSR count). The van der Waals surface area contributed by atoms with E-state index in [4.69, 9.17) is 0 Å². The number of nitrogens with one attached hydrogen (secondary N) is 1. The molecular formula is C11H20N2O2S2. The zero-order valence-corrected chi connectivity index (χ0v) is 12.2. The lowest BCUT2D eigenvalue weighted by Gasteiger charge is -2.13. The van der Waals surface area contributed by atoms with Crippen molar-refractivity contribution in [3.05, 3.63) is 16.1 Å². The minimum atomic E-state index is -2.84. The maximum absolute atomic E-state index is 11.4. The minimum absolute atomic E-state index is 0.216. The number of rotatable bonds is 7. The molecule has 0 radical (unpaired) electrons. The fourth-order valence-electron chi connectivity index (χ4n) is 1.62. The molecule has 0 saturated heterocycles. The van der Waals surface area contributed by atoms with Crippen molar-refractivity contribution in [1.82, 2.24) is 10.3 Å². The quantitative estimate of drug-likeness (QED) is 0.826. The Bertz CT molecular complexity index is 440. The molecule has 0 saturated carbocycles. The first-order valence-electron chi connectivity index (χ1n) is 5.78. The number of nitrogens with zero attached hydrogens (tertiary/aromatic N) is 1. The molecule has 6 heteroatoms. The van der Waals surface area contributed by atoms with Crippen LogP contribution in [0.1, 0.15) is 35.7 Å². The van der Waals surface area contributed by atoms with E-state index in [1.807, 2.05) is 20.2 Å². The number of thiazole rings is 1. The molecule has 0 aliphatic heterocycles. The van der Waals surface area contributed by atoms with Gasteiger partial charge >= 0.3 is 0 Å². The molecule has 1 N–H and O–H groups in total. The molecule has 17 heavy (non-hydrogen) atoms. The first-order chi connectivity index (χ1) is 7.98. The van der Waals surface area contributed by atoms with Crippen molar-refractivity contribution in [2.45, 2.75) is 32.7 Å². The van der Waals surface area contributed by atoms with E-state index in [0.717, 1.165) is 11.4 Å². The molecule has 0 aliphatic rings. The Balaban J connectivity index is 2.49. The van der Waals surface area contributed by atoms with Gasteiger partial charge in [0, 0.05) is 22.9 Å². The normalized spacial score (nSPS) is 13.8. The van der Waals surface area contributed by atoms with Gasteiger partial charge in [-0.1, -0.05) is 6.92 Å². The summed E-state index contributed by atoms with van der Waals surface area (Å²) in [4.78, 5) is 5.40. The van der Waals surface area contributed by atoms with Gasteiger partial charge in [0.15, 0.2) is 0 Å². The first kappa shape index (κ1) is 14.6. The van der Waals surface area contributed by atoms with Crippen LogP contribution in [0.4, 0.5) is 0 Å². The molecule has 98 valence electrons. The van der Waals surface area contributed by atoms with E-state index in [0.29, 0.717) is 6.42 Å². The first-order valence-corrected chi connectivity index (χ1v) is 8.42. The van der Waals surface area contributed by atoms with Crippen LogP contribution in [0.2, 0.25) is 0 Å². The number of hydrogen-bond acceptors (Lipinski definition) is 5. The maximum Gasteiger partial charge on any atom is 0.150 e. The zero-order chi connectivity index (χ0) is 12.9. The van der Waals surface area contributed by atoms with E-state index in [2.05, 4.69) is 10.3 Å². The number of hydrogen-bond donors (Lipinski definition) is 1. The van der Waals surface area contributed by atoms with Crippen LogP contribution in [-0.4, -0.2) is 32.0 Å². The summed E-state index contributed by atoms with van der Waals surface area (Å²) in [5.74, 6) is 0.510. The van der Waals surface area contributed by atoms with Crippen molar-refractivity contribution in [1.29, 1.82) is 0 Å². The summed E-state index contributed by atoms with van der Waals surface area (Å²) in [6, 6.07) is 0.216. The van der Waals surface area contributed by atoms with E-state index < -0.39 is 9.84 Å². The second-order valence-electron chi connectivity index (χ2n) is 4.00. The summed E-state index contributed by atoms with van der Waals surface area (Å²) in [5, 5.41) is 4.25. The molecule has 0 aliphatic carbocycles. The Hall–Kier alpha value is -0.460. The van der Waals surface area contributed by atoms with Crippen molar-refractivity contribution in [2.24, 2.45) is 0 Å². The van der Waals surface area contributed by atoms with Gasteiger partial charge in [0.25, 0.3) is 0 Å². The van der Waals surface area contributed by atoms with E-state index in [9.17, 15) is 8.42 Å². The predicted octanol–water partition coefficient (Wildman–Crippen LogP) is 1.93. The predicted molar refractivity (Wildman–Crippen MR) is 72.2 cm³/mol. The van der Waals surface area contributed by atoms with Crippen molar-refractivity contribution in [2.75, 3.05) is 18.6 Å². The Morgan fingerprint density at radius 1 is 1.53 bits per heavy atom. The smallest absolute Gasteiger partial charge is 0.150 e. The standard InChI is InChI=1S/C11H20N2O2S2/c1-4-17(14,15)7-5-6-10(12-3)11-8-13-9(2)16-11/h8,10,12H,4-7H2,1-3H3. The van der Waals surface area contributed by atoms with Crippen LogP contribution >= 0.6 is 11.3 Å². The van der Waals surface area contributed by atoms with E-state index >= 15 is 0 Å². The van der Waals surface area contributed by atoms with E-state index in [1.165, 1.54) is 4.88 Å². The summed E-state index contributed by atoms with van der Waals surface area (Å²) in [5.41, 5.74) is 0. The monoisotopic (exact) mass is 276 g/mol. The highest BCUT2D eigenvalue weighted by atomic mass is 32.2. The van der Waals surface area contributed by atoms with Crippen LogP contribution in [-0.2, 0) is 9.84 Å². The molecule has 4 nitrogen and oxygen atoms in total. The molecule has 1 heterocycles. The van der Waals surface area contributed by atoms with Crippen molar-refractivity contribution in [3.63, 3.8) is 0 Å². The Morgan fingerprint density at radius 3 is 2.71 bits per heavy atom.